The van der Waals surface area contributed by atoms with Crippen molar-refractivity contribution in [2.45, 2.75) is 32.9 Å². The molecule has 9 heteroatoms. The number of halogens is 1. The van der Waals surface area contributed by atoms with Gasteiger partial charge in [-0.3, -0.25) is 9.89 Å². The van der Waals surface area contributed by atoms with E-state index in [0.29, 0.717) is 0 Å². The summed E-state index contributed by atoms with van der Waals surface area (Å²) in [6.07, 6.45) is 2.66. The molecule has 1 aliphatic rings. The Morgan fingerprint density at radius 2 is 2.07 bits per heavy atom. The van der Waals surface area contributed by atoms with Gasteiger partial charge in [0.05, 0.1) is 19.3 Å². The van der Waals surface area contributed by atoms with Crippen molar-refractivity contribution in [2.24, 2.45) is 4.99 Å². The first-order valence-corrected chi connectivity index (χ1v) is 10.4. The van der Waals surface area contributed by atoms with Crippen LogP contribution in [0.2, 0.25) is 0 Å². The summed E-state index contributed by atoms with van der Waals surface area (Å²) in [7, 11) is 1.81. The molecule has 1 unspecified atom stereocenters. The number of aliphatic imine (C=N–C) groups is 1. The summed E-state index contributed by atoms with van der Waals surface area (Å²) in [4.78, 5) is 6.88. The van der Waals surface area contributed by atoms with Crippen LogP contribution >= 0.6 is 24.0 Å². The molecule has 1 fully saturated rings. The van der Waals surface area contributed by atoms with E-state index >= 15 is 0 Å². The normalized spacial score (nSPS) is 16.0. The molecule has 2 aromatic rings. The van der Waals surface area contributed by atoms with Crippen LogP contribution in [0.4, 0.5) is 0 Å². The van der Waals surface area contributed by atoms with E-state index in [9.17, 15) is 0 Å². The Labute approximate surface area is 196 Å². The highest BCUT2D eigenvalue weighted by molar-refractivity contribution is 14.0. The van der Waals surface area contributed by atoms with Crippen molar-refractivity contribution >= 4 is 29.9 Å². The van der Waals surface area contributed by atoms with Crippen molar-refractivity contribution in [3.63, 3.8) is 0 Å². The number of morpholine rings is 1. The summed E-state index contributed by atoms with van der Waals surface area (Å²) in [6.45, 7) is 10.0. The van der Waals surface area contributed by atoms with Gasteiger partial charge in [0.25, 0.3) is 0 Å². The Bertz CT molecular complexity index is 789. The Morgan fingerprint density at radius 1 is 1.27 bits per heavy atom. The maximum absolute atomic E-state index is 5.55. The van der Waals surface area contributed by atoms with Crippen LogP contribution < -0.4 is 10.6 Å². The van der Waals surface area contributed by atoms with E-state index in [1.165, 1.54) is 11.1 Å². The summed E-state index contributed by atoms with van der Waals surface area (Å²) in [5, 5.41) is 15.0. The van der Waals surface area contributed by atoms with Crippen LogP contribution in [0, 0.1) is 6.92 Å². The van der Waals surface area contributed by atoms with E-state index in [1.807, 2.05) is 7.05 Å². The number of aromatic nitrogens is 3. The molecule has 1 saturated heterocycles. The van der Waals surface area contributed by atoms with Gasteiger partial charge in [-0.25, -0.2) is 0 Å². The first kappa shape index (κ1) is 24.5. The lowest BCUT2D eigenvalue weighted by Gasteiger charge is -2.35. The Balaban J connectivity index is 0.00000320. The van der Waals surface area contributed by atoms with Crippen molar-refractivity contribution in [2.75, 3.05) is 46.4 Å². The molecule has 0 aliphatic carbocycles. The number of ether oxygens (including phenoxy) is 1. The number of benzene rings is 1. The molecule has 0 amide bonds. The average molecular weight is 527 g/mol. The number of nitrogens with zero attached hydrogens (tertiary/aromatic N) is 5. The molecule has 30 heavy (non-hydrogen) atoms. The van der Waals surface area contributed by atoms with Crippen molar-refractivity contribution in [3.8, 4) is 0 Å². The molecule has 2 N–H and O–H groups in total. The van der Waals surface area contributed by atoms with Gasteiger partial charge in [0.15, 0.2) is 5.96 Å². The zero-order valence-corrected chi connectivity index (χ0v) is 20.5. The summed E-state index contributed by atoms with van der Waals surface area (Å²) >= 11 is 0. The van der Waals surface area contributed by atoms with Crippen LogP contribution in [0.3, 0.4) is 0 Å². The molecule has 8 nitrogen and oxygen atoms in total. The minimum atomic E-state index is 0. The number of guanidine groups is 1. The molecule has 1 atom stereocenters. The van der Waals surface area contributed by atoms with Crippen LogP contribution in [0.1, 0.15) is 29.9 Å². The van der Waals surface area contributed by atoms with Gasteiger partial charge in [-0.05, 0) is 12.5 Å². The molecule has 3 rings (SSSR count). The zero-order chi connectivity index (χ0) is 20.5. The first-order chi connectivity index (χ1) is 14.2. The standard InChI is InChI=1S/C21H33N7O.HI/c1-4-20-26-25-16-28(20)9-8-23-21(22-3)24-15-19(27-10-12-29-13-11-27)18-7-5-6-17(2)14-18;/h5-7,14,16,19H,4,8-13,15H2,1-3H3,(H2,22,23,24);1H. The van der Waals surface area contributed by atoms with Crippen molar-refractivity contribution < 1.29 is 4.74 Å². The van der Waals surface area contributed by atoms with Crippen LogP contribution in [-0.4, -0.2) is 72.1 Å². The van der Waals surface area contributed by atoms with E-state index in [4.69, 9.17) is 4.74 Å². The van der Waals surface area contributed by atoms with E-state index in [1.54, 1.807) is 6.33 Å². The fraction of sp³-hybridized carbons (Fsp3) is 0.571. The lowest BCUT2D eigenvalue weighted by molar-refractivity contribution is 0.0170. The maximum atomic E-state index is 5.55. The second-order valence-electron chi connectivity index (χ2n) is 7.25. The second-order valence-corrected chi connectivity index (χ2v) is 7.25. The third-order valence-electron chi connectivity index (χ3n) is 5.26. The molecule has 0 saturated carbocycles. The third kappa shape index (κ3) is 6.92. The van der Waals surface area contributed by atoms with Crippen LogP contribution in [0.15, 0.2) is 35.6 Å². The molecule has 0 radical (unpaired) electrons. The average Bonchev–Trinajstić information content (AvgIpc) is 3.21. The Kier molecular flexibility index (Phi) is 10.5. The molecular formula is C21H34IN7O. The summed E-state index contributed by atoms with van der Waals surface area (Å²) in [5.41, 5.74) is 2.61. The van der Waals surface area contributed by atoms with Gasteiger partial charge in [-0.1, -0.05) is 36.8 Å². The second kappa shape index (κ2) is 12.9. The van der Waals surface area contributed by atoms with E-state index < -0.39 is 0 Å². The number of hydrogen-bond acceptors (Lipinski definition) is 5. The molecule has 1 aromatic carbocycles. The van der Waals surface area contributed by atoms with Gasteiger partial charge >= 0.3 is 0 Å². The van der Waals surface area contributed by atoms with E-state index in [-0.39, 0.29) is 30.0 Å². The minimum absolute atomic E-state index is 0. The molecular weight excluding hydrogens is 493 g/mol. The fourth-order valence-corrected chi connectivity index (χ4v) is 3.67. The molecule has 1 aromatic heterocycles. The summed E-state index contributed by atoms with van der Waals surface area (Å²) in [6, 6.07) is 9.04. The highest BCUT2D eigenvalue weighted by Gasteiger charge is 2.23. The molecule has 0 spiro atoms. The van der Waals surface area contributed by atoms with Gasteiger partial charge in [0, 0.05) is 46.2 Å². The lowest BCUT2D eigenvalue weighted by Crippen LogP contribution is -2.46. The largest absolute Gasteiger partial charge is 0.379 e. The van der Waals surface area contributed by atoms with Crippen molar-refractivity contribution in [3.05, 3.63) is 47.5 Å². The highest BCUT2D eigenvalue weighted by atomic mass is 127. The van der Waals surface area contributed by atoms with Gasteiger partial charge in [0.1, 0.15) is 12.2 Å². The van der Waals surface area contributed by atoms with Crippen LogP contribution in [-0.2, 0) is 17.7 Å². The molecule has 0 bridgehead atoms. The lowest BCUT2D eigenvalue weighted by atomic mass is 10.0. The molecule has 166 valence electrons. The fourth-order valence-electron chi connectivity index (χ4n) is 3.67. The first-order valence-electron chi connectivity index (χ1n) is 10.4. The van der Waals surface area contributed by atoms with Gasteiger partial charge < -0.3 is 19.9 Å². The SMILES string of the molecule is CCc1nncn1CCNC(=NC)NCC(c1cccc(C)c1)N1CCOCC1.I. The smallest absolute Gasteiger partial charge is 0.191 e. The zero-order valence-electron chi connectivity index (χ0n) is 18.2. The van der Waals surface area contributed by atoms with Crippen LogP contribution in [0.25, 0.3) is 0 Å². The number of aryl methyl sites for hydroxylation is 2. The van der Waals surface area contributed by atoms with Gasteiger partial charge in [-0.15, -0.1) is 34.2 Å². The third-order valence-corrected chi connectivity index (χ3v) is 5.26. The number of nitrogens with one attached hydrogen (secondary N) is 2. The quantitative estimate of drug-likeness (QED) is 0.311. The monoisotopic (exact) mass is 527 g/mol. The Hall–Kier alpha value is -1.72. The highest BCUT2D eigenvalue weighted by Crippen LogP contribution is 2.22. The predicted octanol–water partition coefficient (Wildman–Crippen LogP) is 2.01. The molecule has 2 heterocycles. The topological polar surface area (TPSA) is 79.6 Å². The number of hydrogen-bond donors (Lipinski definition) is 2. The van der Waals surface area contributed by atoms with Crippen LogP contribution in [0.5, 0.6) is 0 Å². The van der Waals surface area contributed by atoms with Crippen molar-refractivity contribution in [1.82, 2.24) is 30.3 Å². The van der Waals surface area contributed by atoms with Gasteiger partial charge in [0.2, 0.25) is 0 Å². The Morgan fingerprint density at radius 3 is 2.77 bits per heavy atom. The van der Waals surface area contributed by atoms with E-state index in [2.05, 4.69) is 73.4 Å². The molecule has 1 aliphatic heterocycles. The summed E-state index contributed by atoms with van der Waals surface area (Å²) < 4.78 is 7.63. The van der Waals surface area contributed by atoms with E-state index in [0.717, 1.165) is 64.1 Å². The minimum Gasteiger partial charge on any atom is -0.379 e. The number of rotatable bonds is 8. The van der Waals surface area contributed by atoms with Gasteiger partial charge in [-0.2, -0.15) is 0 Å². The maximum Gasteiger partial charge on any atom is 0.191 e. The predicted molar refractivity (Wildman–Crippen MR) is 130 cm³/mol. The van der Waals surface area contributed by atoms with Crippen molar-refractivity contribution in [1.29, 1.82) is 0 Å². The summed E-state index contributed by atoms with van der Waals surface area (Å²) in [5.74, 6) is 1.81.